The Morgan fingerprint density at radius 2 is 1.12 bits per heavy atom. The van der Waals surface area contributed by atoms with Crippen molar-refractivity contribution in [3.8, 4) is 11.8 Å². The number of hydrogen-bond donors (Lipinski definition) is 8. The first-order chi connectivity index (χ1) is 28.6. The summed E-state index contributed by atoms with van der Waals surface area (Å²) in [6.45, 7) is 2.34. The minimum absolute atomic E-state index is 0. The van der Waals surface area contributed by atoms with Crippen LogP contribution in [0.4, 0.5) is 40.1 Å². The molecular formula is C29H26ClN9Na5O18S5. The first-order valence-electron chi connectivity index (χ1n) is 16.1. The third-order valence-corrected chi connectivity index (χ3v) is 12.2. The summed E-state index contributed by atoms with van der Waals surface area (Å²) < 4.78 is 182. The number of rotatable bonds is 16. The van der Waals surface area contributed by atoms with Gasteiger partial charge in [-0.3, -0.25) is 22.8 Å². The normalized spacial score (nSPS) is 12.0. The summed E-state index contributed by atoms with van der Waals surface area (Å²) in [5.74, 6) is -1.63. The number of fused-ring (bicyclic) bond motifs is 1. The molecule has 67 heavy (non-hydrogen) atoms. The zero-order chi connectivity index (χ0) is 46.2. The average molecular weight is 1100 g/mol. The predicted octanol–water partition coefficient (Wildman–Crippen LogP) is 2.29. The number of nitrogens with one attached hydrogen (secondary N) is 1. The Balaban J connectivity index is 0.00000871. The molecule has 38 heteroatoms. The van der Waals surface area contributed by atoms with Gasteiger partial charge in [-0.2, -0.15) is 57.0 Å². The van der Waals surface area contributed by atoms with Crippen LogP contribution in [0.15, 0.2) is 93.5 Å². The van der Waals surface area contributed by atoms with Crippen molar-refractivity contribution in [2.45, 2.75) is 31.4 Å². The first kappa shape index (κ1) is 66.3. The van der Waals surface area contributed by atoms with Gasteiger partial charge in [0.1, 0.15) is 48.9 Å². The fourth-order valence-electron chi connectivity index (χ4n) is 5.07. The van der Waals surface area contributed by atoms with Gasteiger partial charge in [0, 0.05) is 160 Å². The van der Waals surface area contributed by atoms with E-state index in [1.165, 1.54) is 0 Å². The molecule has 5 radical (unpaired) electrons. The Labute approximate surface area is 496 Å². The van der Waals surface area contributed by atoms with Crippen LogP contribution in [0.5, 0.6) is 11.8 Å². The fourth-order valence-corrected chi connectivity index (χ4v) is 8.26. The van der Waals surface area contributed by atoms with E-state index in [1.807, 2.05) is 0 Å². The molecule has 0 unspecified atom stereocenters. The third-order valence-electron chi connectivity index (χ3n) is 7.64. The van der Waals surface area contributed by atoms with E-state index >= 15 is 0 Å². The Morgan fingerprint density at radius 1 is 0.627 bits per heavy atom. The van der Waals surface area contributed by atoms with E-state index in [9.17, 15) is 70.0 Å². The van der Waals surface area contributed by atoms with Gasteiger partial charge in [-0.1, -0.05) is 0 Å². The molecular weight excluding hydrogens is 1070 g/mol. The molecule has 0 aliphatic carbocycles. The minimum Gasteiger partial charge on any atom is -0.505 e. The summed E-state index contributed by atoms with van der Waals surface area (Å²) >= 11 is 5.96. The number of ether oxygens (including phenoxy) is 2. The summed E-state index contributed by atoms with van der Waals surface area (Å²) in [4.78, 5) is 5.92. The van der Waals surface area contributed by atoms with Gasteiger partial charge in [0.25, 0.3) is 50.6 Å². The SMILES string of the molecule is CCOCCOc1nc(Cl)nc(Nc2ccc(S(=O)(=O)O)c(N=Nc3c(S(=O)(=O)O)cc4cc(S(=O)(=O)O)c(N=Nc5cc(S(=O)(=O)O)ccc5S(=O)(=O)O)c(N)c4c3O)c2)n1.[Na].[Na].[Na].[Na].[Na]. The van der Waals surface area contributed by atoms with E-state index in [0.29, 0.717) is 36.9 Å². The number of hydrogen-bond acceptors (Lipinski definition) is 22. The molecule has 0 aliphatic rings. The second-order valence-corrected chi connectivity index (χ2v) is 19.1. The van der Waals surface area contributed by atoms with Crippen molar-refractivity contribution < 1.29 is 79.4 Å². The molecule has 0 saturated heterocycles. The molecule has 5 rings (SSSR count). The molecule has 0 amide bonds. The minimum atomic E-state index is -5.50. The van der Waals surface area contributed by atoms with Gasteiger partial charge >= 0.3 is 6.01 Å². The Bertz CT molecular complexity index is 3310. The topological polar surface area (TPSA) is 437 Å². The second kappa shape index (κ2) is 26.3. The Kier molecular flexibility index (Phi) is 26.1. The van der Waals surface area contributed by atoms with E-state index < -0.39 is 120 Å². The maximum absolute atomic E-state index is 12.6. The summed E-state index contributed by atoms with van der Waals surface area (Å²) in [7, 11) is -26.4. The largest absolute Gasteiger partial charge is 0.505 e. The molecule has 0 spiro atoms. The van der Waals surface area contributed by atoms with Crippen molar-refractivity contribution >= 4 is 261 Å². The van der Waals surface area contributed by atoms with Crippen molar-refractivity contribution in [2.24, 2.45) is 20.5 Å². The molecule has 5 aromatic rings. The molecule has 0 bridgehead atoms. The summed E-state index contributed by atoms with van der Waals surface area (Å²) in [5, 5.41) is 26.4. The van der Waals surface area contributed by atoms with Gasteiger partial charge in [-0.25, -0.2) is 0 Å². The van der Waals surface area contributed by atoms with Gasteiger partial charge in [-0.15, -0.1) is 20.5 Å². The number of nitrogen functional groups attached to an aromatic ring is 1. The molecule has 0 saturated carbocycles. The van der Waals surface area contributed by atoms with Crippen LogP contribution in [0, 0.1) is 0 Å². The average Bonchev–Trinajstić information content (AvgIpc) is 3.13. The van der Waals surface area contributed by atoms with Gasteiger partial charge in [0.15, 0.2) is 5.75 Å². The molecule has 337 valence electrons. The van der Waals surface area contributed by atoms with Gasteiger partial charge in [-0.05, 0) is 72.4 Å². The second-order valence-electron chi connectivity index (χ2n) is 11.8. The fraction of sp³-hybridized carbons (Fsp3) is 0.138. The van der Waals surface area contributed by atoms with E-state index in [-0.39, 0.29) is 184 Å². The van der Waals surface area contributed by atoms with Crippen molar-refractivity contribution in [3.05, 3.63) is 53.8 Å². The van der Waals surface area contributed by atoms with Crippen LogP contribution in [-0.4, -0.2) is 253 Å². The monoisotopic (exact) mass is 1100 g/mol. The van der Waals surface area contributed by atoms with Crippen LogP contribution in [0.25, 0.3) is 10.8 Å². The number of azo groups is 2. The number of anilines is 3. The van der Waals surface area contributed by atoms with E-state index in [1.54, 1.807) is 6.92 Å². The number of phenolic OH excluding ortho intramolecular Hbond substituents is 1. The standard InChI is InChI=1S/C29H26ClN9O18S5.5Na/c1-2-56-7-8-57-29-34-27(30)33-28(35-29)32-14-3-5-18(59(44,45)46)16(11-14)36-39-25-21(62(53,54)55)10-13-9-20(61(50,51)52)24(23(31)22(13)26(25)40)38-37-17-12-15(58(41,42)43)4-6-19(17)60(47,48)49;;;;;/h3-6,9-12,40H,2,7-8,31H2,1H3,(H,41,42,43)(H,44,45,46)(H,47,48,49)(H,50,51,52)(H,53,54,55)(H,32,33,34,35);;;;;. The van der Waals surface area contributed by atoms with E-state index in [4.69, 9.17) is 26.8 Å². The molecule has 9 N–H and O–H groups in total. The quantitative estimate of drug-likeness (QED) is 0.0231. The number of aromatic nitrogens is 3. The number of benzene rings is 4. The number of phenols is 1. The zero-order valence-corrected chi connectivity index (χ0v) is 50.3. The Morgan fingerprint density at radius 3 is 1.63 bits per heavy atom. The number of nitrogens with zero attached hydrogens (tertiary/aromatic N) is 7. The van der Waals surface area contributed by atoms with Crippen LogP contribution in [0.3, 0.4) is 0 Å². The van der Waals surface area contributed by atoms with E-state index in [0.717, 1.165) is 18.2 Å². The zero-order valence-electron chi connectivity index (χ0n) is 35.4. The van der Waals surface area contributed by atoms with Gasteiger partial charge in [0.2, 0.25) is 11.2 Å². The molecule has 4 aromatic carbocycles. The van der Waals surface area contributed by atoms with Gasteiger partial charge < -0.3 is 25.6 Å². The van der Waals surface area contributed by atoms with Crippen LogP contribution in [-0.2, 0) is 55.3 Å². The molecule has 0 fully saturated rings. The van der Waals surface area contributed by atoms with Crippen molar-refractivity contribution in [1.29, 1.82) is 0 Å². The first-order valence-corrected chi connectivity index (χ1v) is 23.7. The van der Waals surface area contributed by atoms with Crippen LogP contribution in [0.2, 0.25) is 5.28 Å². The van der Waals surface area contributed by atoms with Crippen LogP contribution < -0.4 is 15.8 Å². The Hall–Kier alpha value is -0.650. The van der Waals surface area contributed by atoms with E-state index in [2.05, 4.69) is 40.7 Å². The van der Waals surface area contributed by atoms with Crippen molar-refractivity contribution in [1.82, 2.24) is 15.0 Å². The molecule has 1 aromatic heterocycles. The molecule has 1 heterocycles. The molecule has 27 nitrogen and oxygen atoms in total. The van der Waals surface area contributed by atoms with Crippen molar-refractivity contribution in [3.63, 3.8) is 0 Å². The summed E-state index contributed by atoms with van der Waals surface area (Å²) in [6, 6.07) is 4.82. The number of nitrogens with two attached hydrogens (primary N) is 1. The number of aromatic hydroxyl groups is 1. The smallest absolute Gasteiger partial charge is 0.322 e. The van der Waals surface area contributed by atoms with Gasteiger partial charge in [0.05, 0.1) is 22.6 Å². The van der Waals surface area contributed by atoms with Crippen LogP contribution >= 0.6 is 11.6 Å². The number of halogens is 1. The maximum atomic E-state index is 12.6. The summed E-state index contributed by atoms with van der Waals surface area (Å²) in [6.07, 6.45) is 0. The molecule has 0 aliphatic heterocycles. The van der Waals surface area contributed by atoms with Crippen LogP contribution in [0.1, 0.15) is 6.92 Å². The summed E-state index contributed by atoms with van der Waals surface area (Å²) in [5.41, 5.74) is 0.821. The maximum Gasteiger partial charge on any atom is 0.322 e. The predicted molar refractivity (Wildman–Crippen MR) is 239 cm³/mol. The third kappa shape index (κ3) is 17.2. The molecule has 0 atom stereocenters. The van der Waals surface area contributed by atoms with Crippen molar-refractivity contribution in [2.75, 3.05) is 30.9 Å².